The standard InChI is InChI=1S/C8H12N6O4/c9-1-2(10)4(12)6(18-8(14)16)5(3(1)11)17-7(13)15/h9-12H2,(H2,13,15)(H2,14,16). The Bertz CT molecular complexity index is 482. The minimum Gasteiger partial charge on any atom is -0.404 e. The van der Waals surface area contributed by atoms with Crippen molar-refractivity contribution in [3.8, 4) is 11.5 Å². The second-order valence-corrected chi connectivity index (χ2v) is 3.16. The average Bonchev–Trinajstić information content (AvgIpc) is 2.27. The molecule has 1 aromatic rings. The predicted molar refractivity (Wildman–Crippen MR) is 64.5 cm³/mol. The first-order chi connectivity index (χ1) is 8.25. The van der Waals surface area contributed by atoms with Crippen molar-refractivity contribution in [1.29, 1.82) is 0 Å². The van der Waals surface area contributed by atoms with Crippen molar-refractivity contribution in [2.75, 3.05) is 22.9 Å². The van der Waals surface area contributed by atoms with Crippen LogP contribution in [0.4, 0.5) is 32.3 Å². The lowest BCUT2D eigenvalue weighted by Crippen LogP contribution is -2.22. The van der Waals surface area contributed by atoms with Crippen LogP contribution in [0, 0.1) is 0 Å². The van der Waals surface area contributed by atoms with Gasteiger partial charge in [-0.25, -0.2) is 9.59 Å². The van der Waals surface area contributed by atoms with Crippen LogP contribution in [0.1, 0.15) is 0 Å². The number of nitrogen functional groups attached to an aromatic ring is 4. The van der Waals surface area contributed by atoms with Gasteiger partial charge in [-0.2, -0.15) is 0 Å². The largest absolute Gasteiger partial charge is 0.410 e. The Morgan fingerprint density at radius 2 is 0.944 bits per heavy atom. The van der Waals surface area contributed by atoms with Crippen LogP contribution in [0.3, 0.4) is 0 Å². The first kappa shape index (κ1) is 13.0. The lowest BCUT2D eigenvalue weighted by Gasteiger charge is -2.16. The number of hydrogen-bond donors (Lipinski definition) is 6. The molecular formula is C8H12N6O4. The molecule has 18 heavy (non-hydrogen) atoms. The average molecular weight is 256 g/mol. The number of ether oxygens (including phenoxy) is 2. The van der Waals surface area contributed by atoms with Gasteiger partial charge in [0.15, 0.2) is 0 Å². The minimum atomic E-state index is -1.21. The topological polar surface area (TPSA) is 209 Å². The second kappa shape index (κ2) is 4.45. The van der Waals surface area contributed by atoms with E-state index in [4.69, 9.17) is 34.4 Å². The molecule has 10 heteroatoms. The first-order valence-electron chi connectivity index (χ1n) is 4.46. The number of nitrogens with two attached hydrogens (primary N) is 6. The molecular weight excluding hydrogens is 244 g/mol. The Morgan fingerprint density at radius 1 is 0.667 bits per heavy atom. The van der Waals surface area contributed by atoms with E-state index in [1.807, 2.05) is 0 Å². The van der Waals surface area contributed by atoms with E-state index in [-0.39, 0.29) is 22.7 Å². The number of primary amides is 2. The summed E-state index contributed by atoms with van der Waals surface area (Å²) in [5.74, 6) is -0.851. The van der Waals surface area contributed by atoms with E-state index in [1.54, 1.807) is 0 Å². The maximum atomic E-state index is 10.7. The number of carbonyl (C=O) groups excluding carboxylic acids is 2. The Labute approximate surface area is 101 Å². The van der Waals surface area contributed by atoms with Crippen LogP contribution >= 0.6 is 0 Å². The number of carbonyl (C=O) groups is 2. The third-order valence-corrected chi connectivity index (χ3v) is 1.97. The first-order valence-corrected chi connectivity index (χ1v) is 4.46. The third-order valence-electron chi connectivity index (χ3n) is 1.97. The van der Waals surface area contributed by atoms with Gasteiger partial charge in [0, 0.05) is 0 Å². The van der Waals surface area contributed by atoms with E-state index in [0.717, 1.165) is 0 Å². The van der Waals surface area contributed by atoms with E-state index in [0.29, 0.717) is 0 Å². The Hall–Kier alpha value is -3.04. The molecule has 0 saturated carbocycles. The van der Waals surface area contributed by atoms with E-state index < -0.39 is 23.7 Å². The molecule has 12 N–H and O–H groups in total. The smallest absolute Gasteiger partial charge is 0.404 e. The van der Waals surface area contributed by atoms with E-state index >= 15 is 0 Å². The van der Waals surface area contributed by atoms with Gasteiger partial charge in [0.2, 0.25) is 11.5 Å². The number of anilines is 4. The van der Waals surface area contributed by atoms with Gasteiger partial charge in [-0.1, -0.05) is 0 Å². The van der Waals surface area contributed by atoms with Gasteiger partial charge in [0.05, 0.1) is 11.4 Å². The Kier molecular flexibility index (Phi) is 3.22. The third kappa shape index (κ3) is 2.21. The fraction of sp³-hybridized carbons (Fsp3) is 0. The van der Waals surface area contributed by atoms with Crippen molar-refractivity contribution in [3.63, 3.8) is 0 Å². The van der Waals surface area contributed by atoms with Gasteiger partial charge < -0.3 is 43.9 Å². The van der Waals surface area contributed by atoms with Crippen molar-refractivity contribution in [3.05, 3.63) is 0 Å². The highest BCUT2D eigenvalue weighted by atomic mass is 16.6. The fourth-order valence-corrected chi connectivity index (χ4v) is 1.18. The molecule has 0 radical (unpaired) electrons. The summed E-state index contributed by atoms with van der Waals surface area (Å²) in [6, 6.07) is 0. The summed E-state index contributed by atoms with van der Waals surface area (Å²) in [5.41, 5.74) is 31.0. The molecule has 0 saturated heterocycles. The maximum absolute atomic E-state index is 10.7. The van der Waals surface area contributed by atoms with Crippen molar-refractivity contribution in [2.24, 2.45) is 11.5 Å². The van der Waals surface area contributed by atoms with Crippen LogP contribution in [0.25, 0.3) is 0 Å². The normalized spacial score (nSPS) is 9.78. The lowest BCUT2D eigenvalue weighted by atomic mass is 10.1. The van der Waals surface area contributed by atoms with E-state index in [2.05, 4.69) is 9.47 Å². The Balaban J connectivity index is 3.52. The van der Waals surface area contributed by atoms with Gasteiger partial charge in [0.25, 0.3) is 0 Å². The van der Waals surface area contributed by atoms with Crippen molar-refractivity contribution in [1.82, 2.24) is 0 Å². The monoisotopic (exact) mass is 256 g/mol. The molecule has 0 heterocycles. The zero-order chi connectivity index (χ0) is 14.0. The molecule has 2 amide bonds. The molecule has 0 aliphatic heterocycles. The van der Waals surface area contributed by atoms with Crippen LogP contribution in [-0.2, 0) is 0 Å². The summed E-state index contributed by atoms with van der Waals surface area (Å²) in [6.07, 6.45) is -2.42. The molecule has 98 valence electrons. The highest BCUT2D eigenvalue weighted by molar-refractivity contribution is 5.97. The van der Waals surface area contributed by atoms with Gasteiger partial charge >= 0.3 is 12.2 Å². The quantitative estimate of drug-likeness (QED) is 0.358. The summed E-state index contributed by atoms with van der Waals surface area (Å²) in [6.45, 7) is 0. The fourth-order valence-electron chi connectivity index (χ4n) is 1.18. The second-order valence-electron chi connectivity index (χ2n) is 3.16. The number of benzene rings is 1. The molecule has 0 atom stereocenters. The summed E-state index contributed by atoms with van der Waals surface area (Å²) in [7, 11) is 0. The SMILES string of the molecule is NC(=O)Oc1c(N)c(N)c(N)c(N)c1OC(N)=O. The van der Waals surface area contributed by atoms with E-state index in [9.17, 15) is 9.59 Å². The summed E-state index contributed by atoms with van der Waals surface area (Å²) in [4.78, 5) is 21.5. The van der Waals surface area contributed by atoms with Gasteiger partial charge in [-0.15, -0.1) is 0 Å². The number of amides is 2. The van der Waals surface area contributed by atoms with Gasteiger partial charge in [-0.05, 0) is 0 Å². The molecule has 0 bridgehead atoms. The molecule has 0 aromatic heterocycles. The molecule has 0 spiro atoms. The highest BCUT2D eigenvalue weighted by Crippen LogP contribution is 2.47. The number of rotatable bonds is 2. The minimum absolute atomic E-state index is 0.138. The van der Waals surface area contributed by atoms with Gasteiger partial charge in [0.1, 0.15) is 11.4 Å². The zero-order valence-corrected chi connectivity index (χ0v) is 9.10. The Morgan fingerprint density at radius 3 is 1.17 bits per heavy atom. The van der Waals surface area contributed by atoms with Crippen molar-refractivity contribution < 1.29 is 19.1 Å². The van der Waals surface area contributed by atoms with Gasteiger partial charge in [-0.3, -0.25) is 0 Å². The summed E-state index contributed by atoms with van der Waals surface area (Å²) >= 11 is 0. The highest BCUT2D eigenvalue weighted by Gasteiger charge is 2.23. The molecule has 0 aliphatic carbocycles. The molecule has 10 nitrogen and oxygen atoms in total. The van der Waals surface area contributed by atoms with Crippen LogP contribution in [0.5, 0.6) is 11.5 Å². The molecule has 0 unspecified atom stereocenters. The zero-order valence-electron chi connectivity index (χ0n) is 9.10. The lowest BCUT2D eigenvalue weighted by molar-refractivity contribution is 0.201. The maximum Gasteiger partial charge on any atom is 0.410 e. The molecule has 0 fully saturated rings. The van der Waals surface area contributed by atoms with Crippen LogP contribution < -0.4 is 43.9 Å². The van der Waals surface area contributed by atoms with Crippen molar-refractivity contribution in [2.45, 2.75) is 0 Å². The van der Waals surface area contributed by atoms with Crippen LogP contribution in [0.15, 0.2) is 0 Å². The molecule has 0 aliphatic rings. The summed E-state index contributed by atoms with van der Waals surface area (Å²) in [5, 5.41) is 0. The van der Waals surface area contributed by atoms with E-state index in [1.165, 1.54) is 0 Å². The number of hydrogen-bond acceptors (Lipinski definition) is 8. The van der Waals surface area contributed by atoms with Crippen molar-refractivity contribution >= 4 is 34.9 Å². The predicted octanol–water partition coefficient (Wildman–Crippen LogP) is -1.07. The molecule has 1 rings (SSSR count). The van der Waals surface area contributed by atoms with Crippen LogP contribution in [-0.4, -0.2) is 12.2 Å². The molecule has 1 aromatic carbocycles. The summed E-state index contributed by atoms with van der Waals surface area (Å²) < 4.78 is 9.12. The van der Waals surface area contributed by atoms with Crippen LogP contribution in [0.2, 0.25) is 0 Å².